The molecule has 0 aromatic heterocycles. The van der Waals surface area contributed by atoms with E-state index in [1.165, 1.54) is 0 Å². The third kappa shape index (κ3) is 3.62. The maximum atomic E-state index is 11.5. The molecule has 0 heterocycles. The van der Waals surface area contributed by atoms with Crippen LogP contribution in [0, 0.1) is 0 Å². The van der Waals surface area contributed by atoms with E-state index >= 15 is 0 Å². The van der Waals surface area contributed by atoms with Gasteiger partial charge in [0, 0.05) is 24.3 Å². The molecular formula is C12H18N2O. The van der Waals surface area contributed by atoms with E-state index in [9.17, 15) is 4.79 Å². The van der Waals surface area contributed by atoms with Gasteiger partial charge in [0.1, 0.15) is 0 Å². The van der Waals surface area contributed by atoms with Crippen molar-refractivity contribution in [2.24, 2.45) is 0 Å². The minimum atomic E-state index is -0.0161. The molecule has 1 amide bonds. The Balaban J connectivity index is 2.69. The van der Waals surface area contributed by atoms with Crippen LogP contribution in [0.5, 0.6) is 0 Å². The number of amides is 1. The van der Waals surface area contributed by atoms with Gasteiger partial charge in [0.15, 0.2) is 0 Å². The van der Waals surface area contributed by atoms with Crippen molar-refractivity contribution in [1.29, 1.82) is 0 Å². The zero-order valence-corrected chi connectivity index (χ0v) is 9.34. The maximum absolute atomic E-state index is 11.5. The lowest BCUT2D eigenvalue weighted by Gasteiger charge is -2.07. The number of hydrogen-bond donors (Lipinski definition) is 2. The number of benzene rings is 1. The Hall–Kier alpha value is -1.51. The summed E-state index contributed by atoms with van der Waals surface area (Å²) in [5.74, 6) is -0.0161. The summed E-state index contributed by atoms with van der Waals surface area (Å²) in [7, 11) is 0. The molecule has 2 N–H and O–H groups in total. The Morgan fingerprint density at radius 2 is 2.13 bits per heavy atom. The fourth-order valence-corrected chi connectivity index (χ4v) is 1.30. The van der Waals surface area contributed by atoms with Crippen molar-refractivity contribution in [2.45, 2.75) is 20.3 Å². The SMILES string of the molecule is CCCNc1cccc(C(=O)NCC)c1. The van der Waals surface area contributed by atoms with Crippen LogP contribution >= 0.6 is 0 Å². The molecule has 1 rings (SSSR count). The molecule has 1 aromatic rings. The highest BCUT2D eigenvalue weighted by Gasteiger charge is 2.03. The predicted molar refractivity (Wildman–Crippen MR) is 63.2 cm³/mol. The van der Waals surface area contributed by atoms with Crippen LogP contribution in [-0.4, -0.2) is 19.0 Å². The summed E-state index contributed by atoms with van der Waals surface area (Å²) in [5, 5.41) is 6.03. The summed E-state index contributed by atoms with van der Waals surface area (Å²) in [4.78, 5) is 11.5. The first-order valence-electron chi connectivity index (χ1n) is 5.40. The predicted octanol–water partition coefficient (Wildman–Crippen LogP) is 2.26. The second-order valence-electron chi connectivity index (χ2n) is 3.37. The number of carbonyl (C=O) groups excluding carboxylic acids is 1. The Bertz CT molecular complexity index is 323. The van der Waals surface area contributed by atoms with Crippen molar-refractivity contribution in [3.05, 3.63) is 29.8 Å². The van der Waals surface area contributed by atoms with E-state index < -0.39 is 0 Å². The molecule has 1 aromatic carbocycles. The molecule has 0 saturated heterocycles. The van der Waals surface area contributed by atoms with E-state index in [2.05, 4.69) is 17.6 Å². The molecule has 0 bridgehead atoms. The summed E-state index contributed by atoms with van der Waals surface area (Å²) >= 11 is 0. The standard InChI is InChI=1S/C12H18N2O/c1-3-8-14-11-7-5-6-10(9-11)12(15)13-4-2/h5-7,9,14H,3-4,8H2,1-2H3,(H,13,15). The number of hydrogen-bond acceptors (Lipinski definition) is 2. The minimum absolute atomic E-state index is 0.0161. The highest BCUT2D eigenvalue weighted by atomic mass is 16.1. The maximum Gasteiger partial charge on any atom is 0.251 e. The average molecular weight is 206 g/mol. The Kier molecular flexibility index (Phi) is 4.68. The lowest BCUT2D eigenvalue weighted by atomic mass is 10.2. The highest BCUT2D eigenvalue weighted by molar-refractivity contribution is 5.95. The lowest BCUT2D eigenvalue weighted by molar-refractivity contribution is 0.0956. The fraction of sp³-hybridized carbons (Fsp3) is 0.417. The van der Waals surface area contributed by atoms with E-state index in [0.717, 1.165) is 18.7 Å². The molecule has 0 spiro atoms. The molecule has 3 nitrogen and oxygen atoms in total. The second kappa shape index (κ2) is 6.06. The molecule has 82 valence electrons. The largest absolute Gasteiger partial charge is 0.385 e. The quantitative estimate of drug-likeness (QED) is 0.776. The van der Waals surface area contributed by atoms with E-state index in [4.69, 9.17) is 0 Å². The van der Waals surface area contributed by atoms with E-state index in [1.54, 1.807) is 0 Å². The van der Waals surface area contributed by atoms with Gasteiger partial charge in [-0.1, -0.05) is 13.0 Å². The molecule has 0 aliphatic carbocycles. The zero-order valence-electron chi connectivity index (χ0n) is 9.34. The molecule has 0 aliphatic rings. The van der Waals surface area contributed by atoms with Gasteiger partial charge < -0.3 is 10.6 Å². The van der Waals surface area contributed by atoms with Crippen LogP contribution in [0.3, 0.4) is 0 Å². The van der Waals surface area contributed by atoms with E-state index in [-0.39, 0.29) is 5.91 Å². The topological polar surface area (TPSA) is 41.1 Å². The van der Waals surface area contributed by atoms with Crippen LogP contribution in [0.25, 0.3) is 0 Å². The summed E-state index contributed by atoms with van der Waals surface area (Å²) in [6, 6.07) is 7.56. The smallest absolute Gasteiger partial charge is 0.251 e. The molecule has 0 fully saturated rings. The third-order valence-electron chi connectivity index (χ3n) is 2.04. The van der Waals surface area contributed by atoms with Gasteiger partial charge in [0.25, 0.3) is 5.91 Å². The van der Waals surface area contributed by atoms with Crippen molar-refractivity contribution in [3.63, 3.8) is 0 Å². The summed E-state index contributed by atoms with van der Waals surface area (Å²) in [5.41, 5.74) is 1.71. The zero-order chi connectivity index (χ0) is 11.1. The normalized spacial score (nSPS) is 9.73. The van der Waals surface area contributed by atoms with Crippen LogP contribution < -0.4 is 10.6 Å². The van der Waals surface area contributed by atoms with Crippen LogP contribution in [0.1, 0.15) is 30.6 Å². The van der Waals surface area contributed by atoms with Crippen molar-refractivity contribution < 1.29 is 4.79 Å². The van der Waals surface area contributed by atoms with Crippen LogP contribution in [0.2, 0.25) is 0 Å². The lowest BCUT2D eigenvalue weighted by Crippen LogP contribution is -2.22. The second-order valence-corrected chi connectivity index (χ2v) is 3.37. The molecule has 0 aliphatic heterocycles. The molecule has 0 saturated carbocycles. The molecular weight excluding hydrogens is 188 g/mol. The monoisotopic (exact) mass is 206 g/mol. The van der Waals surface area contributed by atoms with Crippen molar-refractivity contribution in [1.82, 2.24) is 5.32 Å². The number of rotatable bonds is 5. The van der Waals surface area contributed by atoms with Gasteiger partial charge in [-0.15, -0.1) is 0 Å². The van der Waals surface area contributed by atoms with Gasteiger partial charge in [-0.25, -0.2) is 0 Å². The van der Waals surface area contributed by atoms with Crippen LogP contribution in [0.4, 0.5) is 5.69 Å². The van der Waals surface area contributed by atoms with Gasteiger partial charge in [0.05, 0.1) is 0 Å². The van der Waals surface area contributed by atoms with Gasteiger partial charge in [-0.2, -0.15) is 0 Å². The van der Waals surface area contributed by atoms with E-state index in [1.807, 2.05) is 31.2 Å². The summed E-state index contributed by atoms with van der Waals surface area (Å²) < 4.78 is 0. The number of carbonyl (C=O) groups is 1. The molecule has 3 heteroatoms. The Morgan fingerprint density at radius 1 is 1.33 bits per heavy atom. The molecule has 0 unspecified atom stereocenters. The van der Waals surface area contributed by atoms with Crippen LogP contribution in [-0.2, 0) is 0 Å². The highest BCUT2D eigenvalue weighted by Crippen LogP contribution is 2.10. The summed E-state index contributed by atoms with van der Waals surface area (Å²) in [6.45, 7) is 5.61. The first-order valence-corrected chi connectivity index (χ1v) is 5.40. The van der Waals surface area contributed by atoms with Crippen molar-refractivity contribution in [3.8, 4) is 0 Å². The molecule has 15 heavy (non-hydrogen) atoms. The van der Waals surface area contributed by atoms with Crippen LogP contribution in [0.15, 0.2) is 24.3 Å². The first kappa shape index (κ1) is 11.6. The number of nitrogens with one attached hydrogen (secondary N) is 2. The molecule has 0 atom stereocenters. The van der Waals surface area contributed by atoms with Gasteiger partial charge in [-0.3, -0.25) is 4.79 Å². The Labute approximate surface area is 90.9 Å². The molecule has 0 radical (unpaired) electrons. The first-order chi connectivity index (χ1) is 7.27. The van der Waals surface area contributed by atoms with Crippen molar-refractivity contribution >= 4 is 11.6 Å². The average Bonchev–Trinajstić information content (AvgIpc) is 2.27. The van der Waals surface area contributed by atoms with Gasteiger partial charge >= 0.3 is 0 Å². The third-order valence-corrected chi connectivity index (χ3v) is 2.04. The van der Waals surface area contributed by atoms with Gasteiger partial charge in [-0.05, 0) is 31.5 Å². The van der Waals surface area contributed by atoms with Crippen molar-refractivity contribution in [2.75, 3.05) is 18.4 Å². The van der Waals surface area contributed by atoms with E-state index in [0.29, 0.717) is 12.1 Å². The fourth-order valence-electron chi connectivity index (χ4n) is 1.30. The van der Waals surface area contributed by atoms with Gasteiger partial charge in [0.2, 0.25) is 0 Å². The summed E-state index contributed by atoms with van der Waals surface area (Å²) in [6.07, 6.45) is 1.07. The Morgan fingerprint density at radius 3 is 2.80 bits per heavy atom. The minimum Gasteiger partial charge on any atom is -0.385 e. The number of anilines is 1.